The summed E-state index contributed by atoms with van der Waals surface area (Å²) in [6.45, 7) is 8.60. The molecule has 3 N–H and O–H groups in total. The van der Waals surface area contributed by atoms with Crippen molar-refractivity contribution < 1.29 is 4.74 Å². The normalized spacial score (nSPS) is 22.5. The highest BCUT2D eigenvalue weighted by atomic mass is 16.5. The largest absolute Gasteiger partial charge is 0.376 e. The third-order valence-corrected chi connectivity index (χ3v) is 3.38. The third-order valence-electron chi connectivity index (χ3n) is 3.38. The minimum Gasteiger partial charge on any atom is -0.376 e. The third kappa shape index (κ3) is 3.23. The second-order valence-corrected chi connectivity index (χ2v) is 4.60. The van der Waals surface area contributed by atoms with E-state index in [1.54, 1.807) is 0 Å². The van der Waals surface area contributed by atoms with Crippen LogP contribution in [0.3, 0.4) is 0 Å². The molecule has 106 valence electrons. The molecule has 0 bridgehead atoms. The SMILES string of the molecule is CCN(CC)c1nc(N)nc(NC2CCOC2C)n1. The van der Waals surface area contributed by atoms with Crippen molar-refractivity contribution in [2.45, 2.75) is 39.3 Å². The monoisotopic (exact) mass is 266 g/mol. The van der Waals surface area contributed by atoms with Gasteiger partial charge in [0.05, 0.1) is 12.1 Å². The first-order valence-electron chi connectivity index (χ1n) is 6.78. The van der Waals surface area contributed by atoms with Crippen molar-refractivity contribution in [2.75, 3.05) is 35.6 Å². The zero-order valence-electron chi connectivity index (χ0n) is 11.8. The average Bonchev–Trinajstić information content (AvgIpc) is 2.76. The first-order chi connectivity index (χ1) is 9.13. The molecule has 2 unspecified atom stereocenters. The standard InChI is InChI=1S/C12H22N6O/c1-4-18(5-2)12-16-10(13)15-11(17-12)14-9-6-7-19-8(9)3/h8-9H,4-7H2,1-3H3,(H3,13,14,15,16,17). The molecule has 0 radical (unpaired) electrons. The van der Waals surface area contributed by atoms with Gasteiger partial charge >= 0.3 is 0 Å². The van der Waals surface area contributed by atoms with Crippen molar-refractivity contribution in [2.24, 2.45) is 0 Å². The smallest absolute Gasteiger partial charge is 0.231 e. The number of rotatable bonds is 5. The predicted octanol–water partition coefficient (Wildman–Crippen LogP) is 0.889. The molecular weight excluding hydrogens is 244 g/mol. The Kier molecular flexibility index (Phi) is 4.36. The van der Waals surface area contributed by atoms with E-state index in [0.717, 1.165) is 26.1 Å². The second-order valence-electron chi connectivity index (χ2n) is 4.60. The molecule has 1 aliphatic heterocycles. The molecule has 1 aromatic rings. The molecule has 0 spiro atoms. The van der Waals surface area contributed by atoms with E-state index in [2.05, 4.69) is 34.1 Å². The Hall–Kier alpha value is -1.63. The van der Waals surface area contributed by atoms with E-state index in [-0.39, 0.29) is 18.1 Å². The van der Waals surface area contributed by atoms with Crippen LogP contribution in [-0.2, 0) is 4.74 Å². The molecule has 0 saturated carbocycles. The van der Waals surface area contributed by atoms with Gasteiger partial charge in [-0.1, -0.05) is 0 Å². The number of nitrogens with zero attached hydrogens (tertiary/aromatic N) is 4. The average molecular weight is 266 g/mol. The number of hydrogen-bond donors (Lipinski definition) is 2. The molecule has 1 fully saturated rings. The Morgan fingerprint density at radius 1 is 1.32 bits per heavy atom. The molecule has 0 amide bonds. The van der Waals surface area contributed by atoms with Gasteiger partial charge < -0.3 is 20.7 Å². The highest BCUT2D eigenvalue weighted by Gasteiger charge is 2.25. The molecule has 2 atom stereocenters. The van der Waals surface area contributed by atoms with Crippen LogP contribution in [0, 0.1) is 0 Å². The summed E-state index contributed by atoms with van der Waals surface area (Å²) >= 11 is 0. The molecule has 1 saturated heterocycles. The quantitative estimate of drug-likeness (QED) is 0.818. The summed E-state index contributed by atoms with van der Waals surface area (Å²) in [5, 5.41) is 3.28. The fraction of sp³-hybridized carbons (Fsp3) is 0.750. The Morgan fingerprint density at radius 3 is 2.63 bits per heavy atom. The molecule has 2 rings (SSSR count). The van der Waals surface area contributed by atoms with Crippen LogP contribution < -0.4 is 16.0 Å². The Morgan fingerprint density at radius 2 is 2.05 bits per heavy atom. The summed E-state index contributed by atoms with van der Waals surface area (Å²) in [6.07, 6.45) is 1.11. The summed E-state index contributed by atoms with van der Waals surface area (Å²) in [4.78, 5) is 14.8. The summed E-state index contributed by atoms with van der Waals surface area (Å²) in [5.41, 5.74) is 5.76. The van der Waals surface area contributed by atoms with Crippen molar-refractivity contribution in [1.82, 2.24) is 15.0 Å². The minimum atomic E-state index is 0.162. The van der Waals surface area contributed by atoms with Crippen LogP contribution in [0.4, 0.5) is 17.8 Å². The maximum Gasteiger partial charge on any atom is 0.231 e. The minimum absolute atomic E-state index is 0.162. The summed E-state index contributed by atoms with van der Waals surface area (Å²) in [6, 6.07) is 0.228. The maximum absolute atomic E-state index is 5.76. The lowest BCUT2D eigenvalue weighted by Crippen LogP contribution is -2.29. The summed E-state index contributed by atoms with van der Waals surface area (Å²) < 4.78 is 5.51. The fourth-order valence-corrected chi connectivity index (χ4v) is 2.18. The van der Waals surface area contributed by atoms with Gasteiger partial charge in [-0.25, -0.2) is 0 Å². The molecular formula is C12H22N6O. The molecule has 2 heterocycles. The van der Waals surface area contributed by atoms with Gasteiger partial charge in [-0.2, -0.15) is 15.0 Å². The zero-order chi connectivity index (χ0) is 13.8. The maximum atomic E-state index is 5.76. The number of nitrogens with two attached hydrogens (primary N) is 1. The molecule has 0 aliphatic carbocycles. The van der Waals surface area contributed by atoms with Crippen molar-refractivity contribution in [1.29, 1.82) is 0 Å². The highest BCUT2D eigenvalue weighted by molar-refractivity contribution is 5.42. The number of ether oxygens (including phenoxy) is 1. The van der Waals surface area contributed by atoms with E-state index in [1.807, 2.05) is 11.8 Å². The number of nitrogens with one attached hydrogen (secondary N) is 1. The van der Waals surface area contributed by atoms with Crippen LogP contribution in [0.2, 0.25) is 0 Å². The van der Waals surface area contributed by atoms with Crippen LogP contribution in [0.5, 0.6) is 0 Å². The van der Waals surface area contributed by atoms with Gasteiger partial charge in [0.2, 0.25) is 17.8 Å². The zero-order valence-corrected chi connectivity index (χ0v) is 11.8. The Labute approximate surface area is 113 Å². The van der Waals surface area contributed by atoms with Crippen molar-refractivity contribution in [3.8, 4) is 0 Å². The van der Waals surface area contributed by atoms with Gasteiger partial charge in [0.15, 0.2) is 0 Å². The van der Waals surface area contributed by atoms with E-state index < -0.39 is 0 Å². The number of anilines is 3. The first-order valence-corrected chi connectivity index (χ1v) is 6.78. The molecule has 1 aromatic heterocycles. The van der Waals surface area contributed by atoms with Gasteiger partial charge in [-0.15, -0.1) is 0 Å². The van der Waals surface area contributed by atoms with E-state index in [1.165, 1.54) is 0 Å². The highest BCUT2D eigenvalue weighted by Crippen LogP contribution is 2.18. The lowest BCUT2D eigenvalue weighted by Gasteiger charge is -2.20. The van der Waals surface area contributed by atoms with Gasteiger partial charge in [0.25, 0.3) is 0 Å². The summed E-state index contributed by atoms with van der Waals surface area (Å²) in [7, 11) is 0. The van der Waals surface area contributed by atoms with Crippen molar-refractivity contribution >= 4 is 17.8 Å². The number of hydrogen-bond acceptors (Lipinski definition) is 7. The van der Waals surface area contributed by atoms with Crippen molar-refractivity contribution in [3.05, 3.63) is 0 Å². The van der Waals surface area contributed by atoms with Gasteiger partial charge in [-0.05, 0) is 27.2 Å². The molecule has 7 heteroatoms. The molecule has 0 aromatic carbocycles. The number of aromatic nitrogens is 3. The van der Waals surface area contributed by atoms with Gasteiger partial charge in [0.1, 0.15) is 0 Å². The topological polar surface area (TPSA) is 89.2 Å². The molecule has 1 aliphatic rings. The van der Waals surface area contributed by atoms with Gasteiger partial charge in [0, 0.05) is 19.7 Å². The Balaban J connectivity index is 2.16. The second kappa shape index (κ2) is 6.01. The lowest BCUT2D eigenvalue weighted by atomic mass is 10.2. The molecule has 7 nitrogen and oxygen atoms in total. The fourth-order valence-electron chi connectivity index (χ4n) is 2.18. The summed E-state index contributed by atoms with van der Waals surface area (Å²) in [5.74, 6) is 1.38. The Bertz CT molecular complexity index is 423. The van der Waals surface area contributed by atoms with Gasteiger partial charge in [-0.3, -0.25) is 0 Å². The first kappa shape index (κ1) is 13.8. The van der Waals surface area contributed by atoms with E-state index in [0.29, 0.717) is 11.9 Å². The van der Waals surface area contributed by atoms with E-state index >= 15 is 0 Å². The van der Waals surface area contributed by atoms with Crippen molar-refractivity contribution in [3.63, 3.8) is 0 Å². The van der Waals surface area contributed by atoms with Crippen LogP contribution in [0.25, 0.3) is 0 Å². The van der Waals surface area contributed by atoms with Crippen LogP contribution >= 0.6 is 0 Å². The van der Waals surface area contributed by atoms with Crippen LogP contribution in [0.1, 0.15) is 27.2 Å². The van der Waals surface area contributed by atoms with Crippen LogP contribution in [-0.4, -0.2) is 46.8 Å². The van der Waals surface area contributed by atoms with Crippen LogP contribution in [0.15, 0.2) is 0 Å². The number of nitrogen functional groups attached to an aromatic ring is 1. The predicted molar refractivity (Wildman–Crippen MR) is 75.2 cm³/mol. The van der Waals surface area contributed by atoms with E-state index in [4.69, 9.17) is 10.5 Å². The lowest BCUT2D eigenvalue weighted by molar-refractivity contribution is 0.121. The van der Waals surface area contributed by atoms with E-state index in [9.17, 15) is 0 Å². The molecule has 19 heavy (non-hydrogen) atoms.